The van der Waals surface area contributed by atoms with Crippen molar-refractivity contribution < 1.29 is 38.7 Å². The first-order chi connectivity index (χ1) is 16.0. The second-order valence-electron chi connectivity index (χ2n) is 7.28. The molecule has 5 atom stereocenters. The highest BCUT2D eigenvalue weighted by Gasteiger charge is 2.47. The van der Waals surface area contributed by atoms with Crippen molar-refractivity contribution in [3.8, 4) is 0 Å². The lowest BCUT2D eigenvalue weighted by Gasteiger charge is -2.40. The van der Waals surface area contributed by atoms with Crippen LogP contribution in [0.4, 0.5) is 0 Å². The summed E-state index contributed by atoms with van der Waals surface area (Å²) in [7, 11) is 1.31. The molecule has 2 aromatic rings. The lowest BCUT2D eigenvalue weighted by Crippen LogP contribution is -2.60. The average molecular weight is 454 g/mol. The second-order valence-corrected chi connectivity index (χ2v) is 7.28. The first kappa shape index (κ1) is 24.3. The van der Waals surface area contributed by atoms with Crippen molar-refractivity contribution in [2.75, 3.05) is 13.7 Å². The molecular formula is C25H26O8. The summed E-state index contributed by atoms with van der Waals surface area (Å²) >= 11 is 0. The summed E-state index contributed by atoms with van der Waals surface area (Å²) in [6.45, 7) is -0.329. The minimum Gasteiger partial charge on any atom is -0.460 e. The van der Waals surface area contributed by atoms with Gasteiger partial charge >= 0.3 is 11.9 Å². The number of hydrogen-bond donors (Lipinski definition) is 2. The highest BCUT2D eigenvalue weighted by Crippen LogP contribution is 2.25. The molecule has 1 saturated heterocycles. The number of esters is 2. The van der Waals surface area contributed by atoms with Gasteiger partial charge < -0.3 is 29.2 Å². The number of rotatable bonds is 8. The maximum absolute atomic E-state index is 12.2. The Hall–Kier alpha value is -3.30. The molecule has 8 nitrogen and oxygen atoms in total. The third-order valence-electron chi connectivity index (χ3n) is 4.94. The molecule has 3 rings (SSSR count). The predicted molar refractivity (Wildman–Crippen MR) is 119 cm³/mol. The van der Waals surface area contributed by atoms with E-state index in [0.717, 1.165) is 11.1 Å². The van der Waals surface area contributed by atoms with Gasteiger partial charge in [0.15, 0.2) is 12.4 Å². The van der Waals surface area contributed by atoms with Crippen LogP contribution in [0.15, 0.2) is 72.8 Å². The standard InChI is InChI=1S/C25H26O8/c1-30-25-24(33-21(27)15-13-18-10-6-3-7-11-18)23(29)22(28)19(32-25)16-31-20(26)14-12-17-8-4-2-5-9-17/h2-15,19,22-25,28-29H,16H2,1H3/b14-12+,15-13+/t19-,22-,23+,24-,25+/m1/s1. The summed E-state index contributed by atoms with van der Waals surface area (Å²) in [5.41, 5.74) is 1.62. The van der Waals surface area contributed by atoms with Gasteiger partial charge in [-0.1, -0.05) is 60.7 Å². The highest BCUT2D eigenvalue weighted by molar-refractivity contribution is 5.87. The molecule has 174 valence electrons. The van der Waals surface area contributed by atoms with Gasteiger partial charge in [-0.2, -0.15) is 0 Å². The van der Waals surface area contributed by atoms with Crippen LogP contribution in [-0.2, 0) is 28.5 Å². The largest absolute Gasteiger partial charge is 0.460 e. The SMILES string of the molecule is CO[C@H]1O[C@H](COC(=O)/C=C/c2ccccc2)[C@@H](O)[C@H](O)[C@H]1OC(=O)/C=C/c1ccccc1. The minimum absolute atomic E-state index is 0.329. The number of aliphatic hydroxyl groups excluding tert-OH is 2. The van der Waals surface area contributed by atoms with Gasteiger partial charge in [-0.15, -0.1) is 0 Å². The Balaban J connectivity index is 1.54. The van der Waals surface area contributed by atoms with Crippen LogP contribution in [0.2, 0.25) is 0 Å². The van der Waals surface area contributed by atoms with Gasteiger partial charge in [-0.25, -0.2) is 9.59 Å². The normalized spacial score (nSPS) is 25.2. The van der Waals surface area contributed by atoms with Crippen molar-refractivity contribution in [1.82, 2.24) is 0 Å². The first-order valence-electron chi connectivity index (χ1n) is 10.4. The number of aliphatic hydroxyl groups is 2. The fourth-order valence-electron chi connectivity index (χ4n) is 3.20. The van der Waals surface area contributed by atoms with E-state index in [9.17, 15) is 19.8 Å². The van der Waals surface area contributed by atoms with Crippen molar-refractivity contribution in [2.45, 2.75) is 30.7 Å². The fraction of sp³-hybridized carbons (Fsp3) is 0.280. The van der Waals surface area contributed by atoms with Gasteiger partial charge in [-0.05, 0) is 23.3 Å². The van der Waals surface area contributed by atoms with Gasteiger partial charge in [0, 0.05) is 19.3 Å². The van der Waals surface area contributed by atoms with Crippen molar-refractivity contribution in [2.24, 2.45) is 0 Å². The van der Waals surface area contributed by atoms with Crippen LogP contribution in [0, 0.1) is 0 Å². The Labute approximate surface area is 191 Å². The molecule has 1 aliphatic heterocycles. The smallest absolute Gasteiger partial charge is 0.331 e. The van der Waals surface area contributed by atoms with Crippen LogP contribution in [0.3, 0.4) is 0 Å². The zero-order valence-corrected chi connectivity index (χ0v) is 18.0. The number of hydrogen-bond acceptors (Lipinski definition) is 8. The average Bonchev–Trinajstić information content (AvgIpc) is 2.85. The van der Waals surface area contributed by atoms with Crippen LogP contribution >= 0.6 is 0 Å². The lowest BCUT2D eigenvalue weighted by atomic mass is 9.99. The molecular weight excluding hydrogens is 428 g/mol. The van der Waals surface area contributed by atoms with E-state index in [1.165, 1.54) is 19.3 Å². The van der Waals surface area contributed by atoms with Crippen LogP contribution < -0.4 is 0 Å². The van der Waals surface area contributed by atoms with E-state index in [-0.39, 0.29) is 6.61 Å². The van der Waals surface area contributed by atoms with Crippen LogP contribution in [0.1, 0.15) is 11.1 Å². The number of benzene rings is 2. The molecule has 0 unspecified atom stereocenters. The third kappa shape index (κ3) is 7.10. The maximum Gasteiger partial charge on any atom is 0.331 e. The summed E-state index contributed by atoms with van der Waals surface area (Å²) < 4.78 is 21.1. The zero-order valence-electron chi connectivity index (χ0n) is 18.0. The van der Waals surface area contributed by atoms with Gasteiger partial charge in [0.1, 0.15) is 24.9 Å². The Morgan fingerprint density at radius 3 is 1.97 bits per heavy atom. The minimum atomic E-state index is -1.51. The van der Waals surface area contributed by atoms with Crippen molar-refractivity contribution in [3.05, 3.63) is 83.9 Å². The van der Waals surface area contributed by atoms with E-state index in [2.05, 4.69) is 0 Å². The lowest BCUT2D eigenvalue weighted by molar-refractivity contribution is -0.297. The van der Waals surface area contributed by atoms with Crippen molar-refractivity contribution in [3.63, 3.8) is 0 Å². The monoisotopic (exact) mass is 454 g/mol. The predicted octanol–water partition coefficient (Wildman–Crippen LogP) is 1.96. The molecule has 0 aromatic heterocycles. The summed E-state index contributed by atoms with van der Waals surface area (Å²) in [5.74, 6) is -1.38. The molecule has 8 heteroatoms. The second kappa shape index (κ2) is 12.1. The molecule has 0 aliphatic carbocycles. The number of methoxy groups -OCH3 is 1. The number of carbonyl (C=O) groups excluding carboxylic acids is 2. The summed E-state index contributed by atoms with van der Waals surface area (Å²) in [6, 6.07) is 18.3. The zero-order chi connectivity index (χ0) is 23.6. The molecule has 1 heterocycles. The summed E-state index contributed by atoms with van der Waals surface area (Å²) in [4.78, 5) is 24.2. The maximum atomic E-state index is 12.2. The first-order valence-corrected chi connectivity index (χ1v) is 10.4. The Morgan fingerprint density at radius 1 is 0.879 bits per heavy atom. The highest BCUT2D eigenvalue weighted by atomic mass is 16.7. The molecule has 0 radical (unpaired) electrons. The van der Waals surface area contributed by atoms with Crippen LogP contribution in [0.5, 0.6) is 0 Å². The van der Waals surface area contributed by atoms with Gasteiger partial charge in [0.2, 0.25) is 0 Å². The molecule has 0 bridgehead atoms. The third-order valence-corrected chi connectivity index (χ3v) is 4.94. The van der Waals surface area contributed by atoms with E-state index in [4.69, 9.17) is 18.9 Å². The molecule has 0 amide bonds. The molecule has 1 fully saturated rings. The van der Waals surface area contributed by atoms with Gasteiger partial charge in [0.05, 0.1) is 0 Å². The summed E-state index contributed by atoms with van der Waals surface area (Å²) in [5, 5.41) is 20.9. The molecule has 0 saturated carbocycles. The van der Waals surface area contributed by atoms with E-state index in [1.807, 2.05) is 60.7 Å². The van der Waals surface area contributed by atoms with E-state index >= 15 is 0 Å². The molecule has 0 spiro atoms. The van der Waals surface area contributed by atoms with Crippen LogP contribution in [-0.4, -0.2) is 66.6 Å². The Kier molecular flexibility index (Phi) is 8.91. The van der Waals surface area contributed by atoms with E-state index in [0.29, 0.717) is 0 Å². The Morgan fingerprint density at radius 2 is 1.42 bits per heavy atom. The molecule has 33 heavy (non-hydrogen) atoms. The quantitative estimate of drug-likeness (QED) is 0.460. The fourth-order valence-corrected chi connectivity index (χ4v) is 3.20. The Bertz CT molecular complexity index is 953. The van der Waals surface area contributed by atoms with Gasteiger partial charge in [0.25, 0.3) is 0 Å². The van der Waals surface area contributed by atoms with Gasteiger partial charge in [-0.3, -0.25) is 0 Å². The van der Waals surface area contributed by atoms with Crippen molar-refractivity contribution in [1.29, 1.82) is 0 Å². The van der Waals surface area contributed by atoms with Crippen molar-refractivity contribution >= 4 is 24.1 Å². The topological polar surface area (TPSA) is 112 Å². The number of ether oxygens (including phenoxy) is 4. The summed E-state index contributed by atoms with van der Waals surface area (Å²) in [6.07, 6.45) is -0.905. The number of carbonyl (C=O) groups is 2. The van der Waals surface area contributed by atoms with E-state index < -0.39 is 42.6 Å². The molecule has 2 N–H and O–H groups in total. The molecule has 2 aromatic carbocycles. The van der Waals surface area contributed by atoms with Crippen LogP contribution in [0.25, 0.3) is 12.2 Å². The van der Waals surface area contributed by atoms with E-state index in [1.54, 1.807) is 12.2 Å². The molecule has 1 aliphatic rings.